The van der Waals surface area contributed by atoms with Crippen LogP contribution in [0.15, 0.2) is 97.6 Å². The van der Waals surface area contributed by atoms with Crippen LogP contribution in [0.5, 0.6) is 0 Å². The second kappa shape index (κ2) is 11.7. The molecule has 6 rings (SSSR count). The molecule has 2 aliphatic rings. The average Bonchev–Trinajstić information content (AvgIpc) is 3.21. The molecule has 0 unspecified atom stereocenters. The molecular weight excluding hydrogens is 480 g/mol. The minimum Gasteiger partial charge on any atom is -0.0984 e. The summed E-state index contributed by atoms with van der Waals surface area (Å²) in [5, 5.41) is 2.64. The van der Waals surface area contributed by atoms with Crippen molar-refractivity contribution in [1.82, 2.24) is 0 Å². The summed E-state index contributed by atoms with van der Waals surface area (Å²) in [6, 6.07) is 24.6. The van der Waals surface area contributed by atoms with Gasteiger partial charge in [-0.15, -0.1) is 0 Å². The third-order valence-corrected chi connectivity index (χ3v) is 8.40. The second-order valence-corrected chi connectivity index (χ2v) is 11.6. The van der Waals surface area contributed by atoms with E-state index in [9.17, 15) is 0 Å². The van der Waals surface area contributed by atoms with Crippen LogP contribution in [0.1, 0.15) is 85.9 Å². The van der Waals surface area contributed by atoms with Crippen molar-refractivity contribution < 1.29 is 0 Å². The number of hydrogen-bond acceptors (Lipinski definition) is 0. The average molecular weight is 523 g/mol. The first-order valence-corrected chi connectivity index (χ1v) is 14.8. The van der Waals surface area contributed by atoms with Gasteiger partial charge in [-0.05, 0) is 94.0 Å². The quantitative estimate of drug-likeness (QED) is 0.244. The van der Waals surface area contributed by atoms with E-state index in [1.54, 1.807) is 0 Å². The second-order valence-electron chi connectivity index (χ2n) is 11.6. The first-order valence-electron chi connectivity index (χ1n) is 14.8. The lowest BCUT2D eigenvalue weighted by Gasteiger charge is -2.25. The minimum absolute atomic E-state index is 0.0218. The molecule has 0 radical (unpaired) electrons. The molecule has 0 heteroatoms. The Bertz CT molecular complexity index is 1630. The first kappa shape index (κ1) is 27.7. The Labute approximate surface area is 241 Å². The van der Waals surface area contributed by atoms with Gasteiger partial charge in [0.15, 0.2) is 0 Å². The molecule has 0 fully saturated rings. The summed E-state index contributed by atoms with van der Waals surface area (Å²) in [6.07, 6.45) is 17.9. The van der Waals surface area contributed by atoms with Gasteiger partial charge in [0.2, 0.25) is 0 Å². The topological polar surface area (TPSA) is 0 Å². The van der Waals surface area contributed by atoms with Gasteiger partial charge in [-0.2, -0.15) is 0 Å². The highest BCUT2D eigenvalue weighted by Crippen LogP contribution is 2.54. The molecule has 4 aromatic rings. The molecule has 0 heterocycles. The van der Waals surface area contributed by atoms with Crippen LogP contribution in [0.25, 0.3) is 39.6 Å². The molecule has 0 spiro atoms. The fourth-order valence-electron chi connectivity index (χ4n) is 6.47. The van der Waals surface area contributed by atoms with Crippen LogP contribution >= 0.6 is 0 Å². The molecule has 0 amide bonds. The molecule has 40 heavy (non-hydrogen) atoms. The van der Waals surface area contributed by atoms with E-state index in [0.29, 0.717) is 0 Å². The normalized spacial score (nSPS) is 14.9. The summed E-state index contributed by atoms with van der Waals surface area (Å²) in [7, 11) is 0. The molecule has 2 aliphatic carbocycles. The van der Waals surface area contributed by atoms with Gasteiger partial charge in [0.1, 0.15) is 0 Å². The highest BCUT2D eigenvalue weighted by atomic mass is 14.4. The summed E-state index contributed by atoms with van der Waals surface area (Å²) in [5.41, 5.74) is 13.7. The minimum atomic E-state index is -0.0218. The molecule has 0 saturated heterocycles. The largest absolute Gasteiger partial charge is 0.0984 e. The van der Waals surface area contributed by atoms with Gasteiger partial charge in [-0.3, -0.25) is 0 Å². The predicted octanol–water partition coefficient (Wildman–Crippen LogP) is 11.5. The molecule has 202 valence electrons. The number of benzene rings is 4. The molecule has 0 atom stereocenters. The summed E-state index contributed by atoms with van der Waals surface area (Å²) in [5.74, 6) is 0. The van der Waals surface area contributed by atoms with Crippen molar-refractivity contribution in [1.29, 1.82) is 0 Å². The van der Waals surface area contributed by atoms with Crippen molar-refractivity contribution in [3.8, 4) is 11.1 Å². The van der Waals surface area contributed by atoms with Crippen LogP contribution in [-0.4, -0.2) is 0 Å². The van der Waals surface area contributed by atoms with E-state index in [1.165, 1.54) is 85.7 Å². The van der Waals surface area contributed by atoms with Crippen molar-refractivity contribution in [2.24, 2.45) is 0 Å². The van der Waals surface area contributed by atoms with E-state index >= 15 is 0 Å². The Morgan fingerprint density at radius 3 is 2.30 bits per heavy atom. The van der Waals surface area contributed by atoms with E-state index in [2.05, 4.69) is 138 Å². The summed E-state index contributed by atoms with van der Waals surface area (Å²) in [6.45, 7) is 15.4. The molecule has 0 aliphatic heterocycles. The standard InChI is InChI=1S/C27H28.C13H14/c1-6-11-18-15-16-24-23(17-18)25-21-14-10-9-13-20(21)19(8-3)22(12-7-2)26(25)27(24,4)5;1-11-7-9-13(10-8-11)12-5-3-2-4-6-12/h7-10,12-17H,3,6,11H2,1-2,4-5H3;3,5-10H,2,4H2,1H3/b12-7-;. The maximum Gasteiger partial charge on any atom is 0.0165 e. The Kier molecular flexibility index (Phi) is 8.08. The highest BCUT2D eigenvalue weighted by Gasteiger charge is 2.39. The van der Waals surface area contributed by atoms with E-state index < -0.39 is 0 Å². The molecular formula is C40H42. The lowest BCUT2D eigenvalue weighted by atomic mass is 9.77. The van der Waals surface area contributed by atoms with E-state index in [0.717, 1.165) is 6.42 Å². The number of allylic oxidation sites excluding steroid dienone is 5. The zero-order valence-corrected chi connectivity index (χ0v) is 24.9. The van der Waals surface area contributed by atoms with Crippen LogP contribution < -0.4 is 0 Å². The lowest BCUT2D eigenvalue weighted by molar-refractivity contribution is 0.659. The summed E-state index contributed by atoms with van der Waals surface area (Å²) < 4.78 is 0. The monoisotopic (exact) mass is 522 g/mol. The Balaban J connectivity index is 0.000000207. The number of rotatable bonds is 5. The van der Waals surface area contributed by atoms with Gasteiger partial charge >= 0.3 is 0 Å². The Morgan fingerprint density at radius 2 is 1.65 bits per heavy atom. The van der Waals surface area contributed by atoms with Crippen LogP contribution in [0.4, 0.5) is 0 Å². The zero-order chi connectivity index (χ0) is 28.3. The number of hydrogen-bond donors (Lipinski definition) is 0. The SMILES string of the molecule is C=Cc1c(/C=C\C)c2c(c3ccccc13)-c1cc(CCC)ccc1C2(C)C.Cc1ccc(C2=CCCC=C2)cc1. The lowest BCUT2D eigenvalue weighted by Crippen LogP contribution is -2.17. The van der Waals surface area contributed by atoms with Crippen molar-refractivity contribution >= 4 is 28.5 Å². The molecule has 0 aromatic heterocycles. The van der Waals surface area contributed by atoms with Gasteiger partial charge < -0.3 is 0 Å². The van der Waals surface area contributed by atoms with E-state index in [-0.39, 0.29) is 5.41 Å². The first-order chi connectivity index (χ1) is 19.4. The fourth-order valence-corrected chi connectivity index (χ4v) is 6.47. The van der Waals surface area contributed by atoms with E-state index in [1.807, 2.05) is 6.08 Å². The summed E-state index contributed by atoms with van der Waals surface area (Å²) in [4.78, 5) is 0. The van der Waals surface area contributed by atoms with Gasteiger partial charge in [0, 0.05) is 5.41 Å². The molecule has 0 bridgehead atoms. The van der Waals surface area contributed by atoms with Crippen LogP contribution in [0, 0.1) is 6.92 Å². The molecule has 0 nitrogen and oxygen atoms in total. The Morgan fingerprint density at radius 1 is 0.900 bits per heavy atom. The van der Waals surface area contributed by atoms with Gasteiger partial charge in [-0.1, -0.05) is 143 Å². The maximum atomic E-state index is 4.15. The maximum absolute atomic E-state index is 4.15. The molecule has 0 saturated carbocycles. The third kappa shape index (κ3) is 5.04. The summed E-state index contributed by atoms with van der Waals surface area (Å²) >= 11 is 0. The zero-order valence-electron chi connectivity index (χ0n) is 24.9. The van der Waals surface area contributed by atoms with Crippen molar-refractivity contribution in [2.45, 2.75) is 65.7 Å². The van der Waals surface area contributed by atoms with E-state index in [4.69, 9.17) is 0 Å². The number of aryl methyl sites for hydroxylation is 2. The molecule has 4 aromatic carbocycles. The number of fused-ring (bicyclic) bond motifs is 5. The van der Waals surface area contributed by atoms with Crippen molar-refractivity contribution in [3.63, 3.8) is 0 Å². The Hall–Kier alpha value is -3.90. The molecule has 0 N–H and O–H groups in total. The van der Waals surface area contributed by atoms with Crippen LogP contribution in [-0.2, 0) is 11.8 Å². The van der Waals surface area contributed by atoms with Gasteiger partial charge in [0.25, 0.3) is 0 Å². The van der Waals surface area contributed by atoms with Gasteiger partial charge in [0.05, 0.1) is 0 Å². The van der Waals surface area contributed by atoms with Crippen molar-refractivity contribution in [3.05, 3.63) is 137 Å². The van der Waals surface area contributed by atoms with Crippen molar-refractivity contribution in [2.75, 3.05) is 0 Å². The van der Waals surface area contributed by atoms with Crippen LogP contribution in [0.2, 0.25) is 0 Å². The highest BCUT2D eigenvalue weighted by molar-refractivity contribution is 6.08. The van der Waals surface area contributed by atoms with Crippen LogP contribution in [0.3, 0.4) is 0 Å². The fraction of sp³-hybridized carbons (Fsp3) is 0.250. The predicted molar refractivity (Wildman–Crippen MR) is 178 cm³/mol. The third-order valence-electron chi connectivity index (χ3n) is 8.40. The van der Waals surface area contributed by atoms with Gasteiger partial charge in [-0.25, -0.2) is 0 Å². The smallest absolute Gasteiger partial charge is 0.0165 e.